The van der Waals surface area contributed by atoms with E-state index < -0.39 is 0 Å². The fourth-order valence-corrected chi connectivity index (χ4v) is 3.56. The van der Waals surface area contributed by atoms with E-state index in [1.807, 2.05) is 12.3 Å². The summed E-state index contributed by atoms with van der Waals surface area (Å²) in [5.41, 5.74) is 1.43. The number of halogens is 1. The zero-order valence-electron chi connectivity index (χ0n) is 14.3. The Hall–Kier alpha value is -1.46. The Morgan fingerprint density at radius 3 is 2.75 bits per heavy atom. The molecule has 0 radical (unpaired) electrons. The molecule has 2 heterocycles. The minimum absolute atomic E-state index is 0.0744. The van der Waals surface area contributed by atoms with Crippen LogP contribution in [-0.4, -0.2) is 29.7 Å². The molecule has 4 nitrogen and oxygen atoms in total. The topological polar surface area (TPSA) is 47.0 Å². The van der Waals surface area contributed by atoms with E-state index in [9.17, 15) is 0 Å². The van der Waals surface area contributed by atoms with Gasteiger partial charge in [-0.05, 0) is 36.6 Å². The average Bonchev–Trinajstić information content (AvgIpc) is 2.61. The molecule has 3 rings (SSSR count). The second-order valence-electron chi connectivity index (χ2n) is 6.71. The molecule has 1 N–H and O–H groups in total. The van der Waals surface area contributed by atoms with Crippen LogP contribution in [0.25, 0.3) is 0 Å². The summed E-state index contributed by atoms with van der Waals surface area (Å²) < 4.78 is 6.73. The Kier molecular flexibility index (Phi) is 5.51. The smallest absolute Gasteiger partial charge is 0.133 e. The van der Waals surface area contributed by atoms with Crippen LogP contribution in [0.15, 0.2) is 41.0 Å². The normalized spacial score (nSPS) is 17.0. The minimum Gasteiger partial charge on any atom is -0.381 e. The van der Waals surface area contributed by atoms with Crippen molar-refractivity contribution in [3.63, 3.8) is 0 Å². The van der Waals surface area contributed by atoms with Crippen LogP contribution >= 0.6 is 15.9 Å². The van der Waals surface area contributed by atoms with Gasteiger partial charge in [-0.1, -0.05) is 41.9 Å². The molecule has 1 aromatic carbocycles. The van der Waals surface area contributed by atoms with E-state index in [2.05, 4.69) is 69.3 Å². The van der Waals surface area contributed by atoms with Gasteiger partial charge in [-0.2, -0.15) is 0 Å². The van der Waals surface area contributed by atoms with E-state index in [4.69, 9.17) is 4.74 Å². The second kappa shape index (κ2) is 7.62. The van der Waals surface area contributed by atoms with Crippen LogP contribution in [0.5, 0.6) is 0 Å². The molecule has 5 heteroatoms. The van der Waals surface area contributed by atoms with Gasteiger partial charge in [0.05, 0.1) is 0 Å². The molecule has 2 aromatic rings. The standard InChI is InChI=1S/C19H24BrN3O/c1-14(2)18-21-9-6-17(23-18)22-13-19(7-10-24-11-8-19)15-4-3-5-16(20)12-15/h3-6,9,12,14H,7-8,10-11,13H2,1-2H3,(H,21,22,23). The van der Waals surface area contributed by atoms with Gasteiger partial charge in [-0.25, -0.2) is 9.97 Å². The Balaban J connectivity index is 1.81. The van der Waals surface area contributed by atoms with E-state index in [-0.39, 0.29) is 5.41 Å². The highest BCUT2D eigenvalue weighted by Gasteiger charge is 2.34. The number of nitrogens with one attached hydrogen (secondary N) is 1. The van der Waals surface area contributed by atoms with Crippen molar-refractivity contribution in [3.8, 4) is 0 Å². The van der Waals surface area contributed by atoms with Gasteiger partial charge in [-0.15, -0.1) is 0 Å². The maximum absolute atomic E-state index is 5.61. The number of hydrogen-bond donors (Lipinski definition) is 1. The lowest BCUT2D eigenvalue weighted by Crippen LogP contribution is -2.40. The van der Waals surface area contributed by atoms with Crippen molar-refractivity contribution in [2.24, 2.45) is 0 Å². The summed E-state index contributed by atoms with van der Waals surface area (Å²) in [5.74, 6) is 2.10. The first-order chi connectivity index (χ1) is 11.6. The highest BCUT2D eigenvalue weighted by Crippen LogP contribution is 2.36. The summed E-state index contributed by atoms with van der Waals surface area (Å²) in [7, 11) is 0. The highest BCUT2D eigenvalue weighted by molar-refractivity contribution is 9.10. The third kappa shape index (κ3) is 3.95. The van der Waals surface area contributed by atoms with Crippen molar-refractivity contribution >= 4 is 21.7 Å². The predicted octanol–water partition coefficient (Wildman–Crippen LogP) is 4.52. The average molecular weight is 390 g/mol. The lowest BCUT2D eigenvalue weighted by molar-refractivity contribution is 0.0543. The SMILES string of the molecule is CC(C)c1nccc(NCC2(c3cccc(Br)c3)CCOCC2)n1. The van der Waals surface area contributed by atoms with Crippen molar-refractivity contribution < 1.29 is 4.74 Å². The first-order valence-electron chi connectivity index (χ1n) is 8.50. The van der Waals surface area contributed by atoms with Crippen molar-refractivity contribution in [1.29, 1.82) is 0 Å². The van der Waals surface area contributed by atoms with Gasteiger partial charge in [0.1, 0.15) is 11.6 Å². The molecule has 0 bridgehead atoms. The summed E-state index contributed by atoms with van der Waals surface area (Å²) in [6.07, 6.45) is 3.86. The zero-order chi connectivity index (χ0) is 17.0. The summed E-state index contributed by atoms with van der Waals surface area (Å²) in [6.45, 7) is 6.67. The molecule has 128 valence electrons. The Labute approximate surface area is 152 Å². The number of nitrogens with zero attached hydrogens (tertiary/aromatic N) is 2. The molecule has 0 aliphatic carbocycles. The van der Waals surface area contributed by atoms with Gasteiger partial charge >= 0.3 is 0 Å². The van der Waals surface area contributed by atoms with Crippen LogP contribution in [0.2, 0.25) is 0 Å². The van der Waals surface area contributed by atoms with Crippen LogP contribution in [0.3, 0.4) is 0 Å². The van der Waals surface area contributed by atoms with Crippen molar-refractivity contribution in [2.75, 3.05) is 25.1 Å². The number of benzene rings is 1. The molecule has 0 unspecified atom stereocenters. The minimum atomic E-state index is 0.0744. The first kappa shape index (κ1) is 17.4. The predicted molar refractivity (Wildman–Crippen MR) is 100 cm³/mol. The van der Waals surface area contributed by atoms with Gasteiger partial charge in [-0.3, -0.25) is 0 Å². The third-order valence-electron chi connectivity index (χ3n) is 4.69. The molecule has 1 aliphatic rings. The molecule has 1 saturated heterocycles. The van der Waals surface area contributed by atoms with Gasteiger partial charge in [0.25, 0.3) is 0 Å². The Bertz CT molecular complexity index is 684. The monoisotopic (exact) mass is 389 g/mol. The van der Waals surface area contributed by atoms with E-state index in [0.29, 0.717) is 5.92 Å². The summed E-state index contributed by atoms with van der Waals surface area (Å²) in [6, 6.07) is 10.6. The van der Waals surface area contributed by atoms with E-state index in [0.717, 1.165) is 48.7 Å². The maximum atomic E-state index is 5.61. The van der Waals surface area contributed by atoms with E-state index >= 15 is 0 Å². The molecule has 0 atom stereocenters. The number of hydrogen-bond acceptors (Lipinski definition) is 4. The van der Waals surface area contributed by atoms with Crippen LogP contribution in [-0.2, 0) is 10.2 Å². The first-order valence-corrected chi connectivity index (χ1v) is 9.29. The Morgan fingerprint density at radius 1 is 1.25 bits per heavy atom. The van der Waals surface area contributed by atoms with Gasteiger partial charge in [0.15, 0.2) is 0 Å². The van der Waals surface area contributed by atoms with Crippen LogP contribution in [0.4, 0.5) is 5.82 Å². The molecule has 1 aromatic heterocycles. The quantitative estimate of drug-likeness (QED) is 0.815. The number of ether oxygens (including phenoxy) is 1. The zero-order valence-corrected chi connectivity index (χ0v) is 15.8. The molecule has 1 aliphatic heterocycles. The number of rotatable bonds is 5. The lowest BCUT2D eigenvalue weighted by Gasteiger charge is -2.38. The molecule has 0 spiro atoms. The molecule has 0 saturated carbocycles. The lowest BCUT2D eigenvalue weighted by atomic mass is 9.74. The van der Waals surface area contributed by atoms with Crippen LogP contribution in [0.1, 0.15) is 44.0 Å². The number of anilines is 1. The second-order valence-corrected chi connectivity index (χ2v) is 7.63. The summed E-state index contributed by atoms with van der Waals surface area (Å²) in [5, 5.41) is 3.55. The molecule has 1 fully saturated rings. The van der Waals surface area contributed by atoms with Gasteiger partial charge < -0.3 is 10.1 Å². The molecular weight excluding hydrogens is 366 g/mol. The van der Waals surface area contributed by atoms with Gasteiger partial charge in [0.2, 0.25) is 0 Å². The third-order valence-corrected chi connectivity index (χ3v) is 5.18. The van der Waals surface area contributed by atoms with E-state index in [1.165, 1.54) is 5.56 Å². The number of aromatic nitrogens is 2. The van der Waals surface area contributed by atoms with Crippen molar-refractivity contribution in [1.82, 2.24) is 9.97 Å². The fourth-order valence-electron chi connectivity index (χ4n) is 3.16. The van der Waals surface area contributed by atoms with Crippen molar-refractivity contribution in [2.45, 2.75) is 38.0 Å². The summed E-state index contributed by atoms with van der Waals surface area (Å²) in [4.78, 5) is 8.98. The molecular formula is C19H24BrN3O. The highest BCUT2D eigenvalue weighted by atomic mass is 79.9. The van der Waals surface area contributed by atoms with Gasteiger partial charge in [0, 0.05) is 41.8 Å². The molecule has 24 heavy (non-hydrogen) atoms. The Morgan fingerprint density at radius 2 is 2.04 bits per heavy atom. The largest absolute Gasteiger partial charge is 0.381 e. The van der Waals surface area contributed by atoms with Crippen molar-refractivity contribution in [3.05, 3.63) is 52.4 Å². The van der Waals surface area contributed by atoms with Crippen LogP contribution in [0, 0.1) is 0 Å². The fraction of sp³-hybridized carbons (Fsp3) is 0.474. The molecule has 0 amide bonds. The maximum Gasteiger partial charge on any atom is 0.133 e. The van der Waals surface area contributed by atoms with E-state index in [1.54, 1.807) is 0 Å². The summed E-state index contributed by atoms with van der Waals surface area (Å²) >= 11 is 3.60. The van der Waals surface area contributed by atoms with Crippen LogP contribution < -0.4 is 5.32 Å².